The highest BCUT2D eigenvalue weighted by Crippen LogP contribution is 2.27. The number of carbonyl (C=O) groups is 1. The molecule has 0 fully saturated rings. The first-order chi connectivity index (χ1) is 10.0. The molecule has 0 saturated carbocycles. The van der Waals surface area contributed by atoms with Gasteiger partial charge in [-0.25, -0.2) is 9.18 Å². The summed E-state index contributed by atoms with van der Waals surface area (Å²) >= 11 is 7.18. The molecule has 106 valence electrons. The minimum absolute atomic E-state index is 0.00423. The standard InChI is InChI=1S/C15H9ClFNO2S/c16-13-3-2-11(6-12(13)15(19)20)21-8-9-1-4-14(17)10(5-9)7-18/h1-6H,8H2,(H,19,20). The number of halogens is 2. The van der Waals surface area contributed by atoms with Crippen molar-refractivity contribution in [1.82, 2.24) is 0 Å². The Morgan fingerprint density at radius 1 is 1.33 bits per heavy atom. The molecule has 0 saturated heterocycles. The molecule has 0 aliphatic heterocycles. The monoisotopic (exact) mass is 321 g/mol. The molecule has 0 amide bonds. The van der Waals surface area contributed by atoms with Crippen LogP contribution in [0.5, 0.6) is 0 Å². The molecule has 1 N–H and O–H groups in total. The van der Waals surface area contributed by atoms with Gasteiger partial charge < -0.3 is 5.11 Å². The van der Waals surface area contributed by atoms with Gasteiger partial charge in [0, 0.05) is 10.6 Å². The summed E-state index contributed by atoms with van der Waals surface area (Å²) in [7, 11) is 0. The zero-order valence-corrected chi connectivity index (χ0v) is 12.2. The lowest BCUT2D eigenvalue weighted by atomic mass is 10.1. The second-order valence-corrected chi connectivity index (χ2v) is 5.62. The first kappa shape index (κ1) is 15.4. The fourth-order valence-electron chi connectivity index (χ4n) is 1.67. The quantitative estimate of drug-likeness (QED) is 0.851. The van der Waals surface area contributed by atoms with E-state index in [0.29, 0.717) is 5.75 Å². The molecule has 2 aromatic rings. The maximum Gasteiger partial charge on any atom is 0.337 e. The van der Waals surface area contributed by atoms with Gasteiger partial charge in [0.15, 0.2) is 0 Å². The van der Waals surface area contributed by atoms with E-state index in [2.05, 4.69) is 0 Å². The molecule has 6 heteroatoms. The van der Waals surface area contributed by atoms with Gasteiger partial charge in [0.05, 0.1) is 16.1 Å². The van der Waals surface area contributed by atoms with Crippen LogP contribution in [0.4, 0.5) is 4.39 Å². The SMILES string of the molecule is N#Cc1cc(CSc2ccc(Cl)c(C(=O)O)c2)ccc1F. The highest BCUT2D eigenvalue weighted by atomic mass is 35.5. The van der Waals surface area contributed by atoms with Crippen molar-refractivity contribution in [2.24, 2.45) is 0 Å². The van der Waals surface area contributed by atoms with E-state index >= 15 is 0 Å². The number of aromatic carboxylic acids is 1. The molecule has 0 atom stereocenters. The number of hydrogen-bond donors (Lipinski definition) is 1. The lowest BCUT2D eigenvalue weighted by molar-refractivity contribution is 0.0697. The Kier molecular flexibility index (Phi) is 4.84. The molecule has 2 aromatic carbocycles. The fourth-order valence-corrected chi connectivity index (χ4v) is 2.75. The Bertz CT molecular complexity index is 743. The van der Waals surface area contributed by atoms with Crippen LogP contribution in [0.25, 0.3) is 0 Å². The minimum atomic E-state index is -1.09. The summed E-state index contributed by atoms with van der Waals surface area (Å²) in [6.07, 6.45) is 0. The molecular formula is C15H9ClFNO2S. The molecule has 0 unspecified atom stereocenters. The van der Waals surface area contributed by atoms with Crippen LogP contribution >= 0.6 is 23.4 Å². The third kappa shape index (κ3) is 3.75. The van der Waals surface area contributed by atoms with Crippen molar-refractivity contribution in [3.8, 4) is 6.07 Å². The van der Waals surface area contributed by atoms with Crippen LogP contribution in [-0.2, 0) is 5.75 Å². The molecule has 0 heterocycles. The van der Waals surface area contributed by atoms with E-state index in [-0.39, 0.29) is 16.1 Å². The summed E-state index contributed by atoms with van der Waals surface area (Å²) in [6.45, 7) is 0. The maximum absolute atomic E-state index is 13.2. The van der Waals surface area contributed by atoms with Gasteiger partial charge in [0.1, 0.15) is 11.9 Å². The van der Waals surface area contributed by atoms with E-state index in [0.717, 1.165) is 10.5 Å². The van der Waals surface area contributed by atoms with Gasteiger partial charge in [-0.05, 0) is 35.9 Å². The van der Waals surface area contributed by atoms with Crippen LogP contribution in [0.3, 0.4) is 0 Å². The number of hydrogen-bond acceptors (Lipinski definition) is 3. The molecule has 0 bridgehead atoms. The Morgan fingerprint density at radius 3 is 2.76 bits per heavy atom. The molecule has 21 heavy (non-hydrogen) atoms. The summed E-state index contributed by atoms with van der Waals surface area (Å²) in [4.78, 5) is 11.7. The normalized spacial score (nSPS) is 10.1. The Balaban J connectivity index is 2.15. The number of thioether (sulfide) groups is 1. The summed E-state index contributed by atoms with van der Waals surface area (Å²) in [5.74, 6) is -1.14. The van der Waals surface area contributed by atoms with E-state index in [9.17, 15) is 9.18 Å². The van der Waals surface area contributed by atoms with Crippen LogP contribution in [0.15, 0.2) is 41.3 Å². The van der Waals surface area contributed by atoms with Gasteiger partial charge in [-0.2, -0.15) is 5.26 Å². The van der Waals surface area contributed by atoms with Crippen LogP contribution < -0.4 is 0 Å². The second kappa shape index (κ2) is 6.61. The smallest absolute Gasteiger partial charge is 0.337 e. The molecule has 0 aliphatic carbocycles. The zero-order valence-electron chi connectivity index (χ0n) is 10.6. The Morgan fingerprint density at radius 2 is 2.10 bits per heavy atom. The van der Waals surface area contributed by atoms with Gasteiger partial charge in [0.25, 0.3) is 0 Å². The highest BCUT2D eigenvalue weighted by molar-refractivity contribution is 7.98. The summed E-state index contributed by atoms with van der Waals surface area (Å²) in [5, 5.41) is 18.0. The van der Waals surface area contributed by atoms with E-state index < -0.39 is 11.8 Å². The topological polar surface area (TPSA) is 61.1 Å². The van der Waals surface area contributed by atoms with Crippen molar-refractivity contribution in [3.63, 3.8) is 0 Å². The summed E-state index contributed by atoms with van der Waals surface area (Å²) in [6, 6.07) is 10.8. The Hall–Kier alpha value is -2.03. The maximum atomic E-state index is 13.2. The number of carboxylic acid groups (broad SMARTS) is 1. The van der Waals surface area contributed by atoms with Crippen molar-refractivity contribution in [2.45, 2.75) is 10.6 Å². The average Bonchev–Trinajstić information content (AvgIpc) is 2.47. The molecule has 2 rings (SSSR count). The van der Waals surface area contributed by atoms with Crippen molar-refractivity contribution >= 4 is 29.3 Å². The van der Waals surface area contributed by atoms with E-state index in [4.69, 9.17) is 22.0 Å². The first-order valence-electron chi connectivity index (χ1n) is 5.85. The molecule has 3 nitrogen and oxygen atoms in total. The van der Waals surface area contributed by atoms with Crippen molar-refractivity contribution < 1.29 is 14.3 Å². The largest absolute Gasteiger partial charge is 0.478 e. The number of rotatable bonds is 4. The lowest BCUT2D eigenvalue weighted by Gasteiger charge is -2.05. The number of carboxylic acids is 1. The van der Waals surface area contributed by atoms with Crippen LogP contribution in [0.1, 0.15) is 21.5 Å². The second-order valence-electron chi connectivity index (χ2n) is 4.16. The van der Waals surface area contributed by atoms with Gasteiger partial charge in [-0.15, -0.1) is 11.8 Å². The molecule has 0 aliphatic rings. The summed E-state index contributed by atoms with van der Waals surface area (Å²) < 4.78 is 13.2. The number of benzene rings is 2. The fraction of sp³-hybridized carbons (Fsp3) is 0.0667. The van der Waals surface area contributed by atoms with Crippen molar-refractivity contribution in [2.75, 3.05) is 0 Å². The molecule has 0 spiro atoms. The van der Waals surface area contributed by atoms with Gasteiger partial charge in [-0.3, -0.25) is 0 Å². The van der Waals surface area contributed by atoms with Gasteiger partial charge in [0.2, 0.25) is 0 Å². The molecular weight excluding hydrogens is 313 g/mol. The highest BCUT2D eigenvalue weighted by Gasteiger charge is 2.10. The number of nitriles is 1. The van der Waals surface area contributed by atoms with Gasteiger partial charge in [-0.1, -0.05) is 17.7 Å². The van der Waals surface area contributed by atoms with Crippen LogP contribution in [0, 0.1) is 17.1 Å². The van der Waals surface area contributed by atoms with Gasteiger partial charge >= 0.3 is 5.97 Å². The average molecular weight is 322 g/mol. The zero-order chi connectivity index (χ0) is 15.4. The third-order valence-electron chi connectivity index (χ3n) is 2.72. The van der Waals surface area contributed by atoms with Crippen LogP contribution in [0.2, 0.25) is 5.02 Å². The first-order valence-corrected chi connectivity index (χ1v) is 7.22. The Labute approximate surface area is 130 Å². The van der Waals surface area contributed by atoms with E-state index in [1.807, 2.05) is 0 Å². The predicted molar refractivity (Wildman–Crippen MR) is 79.1 cm³/mol. The summed E-state index contributed by atoms with van der Waals surface area (Å²) in [5.41, 5.74) is 0.818. The third-order valence-corrected chi connectivity index (χ3v) is 4.12. The lowest BCUT2D eigenvalue weighted by Crippen LogP contribution is -1.97. The molecule has 0 radical (unpaired) electrons. The predicted octanol–water partition coefficient (Wildman–Crippen LogP) is 4.34. The minimum Gasteiger partial charge on any atom is -0.478 e. The number of nitrogens with zero attached hydrogens (tertiary/aromatic N) is 1. The van der Waals surface area contributed by atoms with Crippen molar-refractivity contribution in [1.29, 1.82) is 5.26 Å². The van der Waals surface area contributed by atoms with Crippen molar-refractivity contribution in [3.05, 3.63) is 63.9 Å². The van der Waals surface area contributed by atoms with Crippen LogP contribution in [-0.4, -0.2) is 11.1 Å². The molecule has 0 aromatic heterocycles. The van der Waals surface area contributed by atoms with E-state index in [1.165, 1.54) is 36.0 Å². The van der Waals surface area contributed by atoms with E-state index in [1.54, 1.807) is 18.2 Å².